The van der Waals surface area contributed by atoms with Crippen LogP contribution in [0.4, 0.5) is 0 Å². The highest BCUT2D eigenvalue weighted by molar-refractivity contribution is 14.2. The minimum Gasteiger partial charge on any atom is -0.118 e. The van der Waals surface area contributed by atoms with Gasteiger partial charge in [0.2, 0.25) is 0 Å². The molecule has 0 spiro atoms. The molecule has 2 heteroatoms. The Bertz CT molecular complexity index is 138. The lowest BCUT2D eigenvalue weighted by atomic mass is 10.3. The van der Waals surface area contributed by atoms with Gasteiger partial charge in [0.15, 0.2) is 0 Å². The zero-order chi connectivity index (χ0) is 6.69. The Morgan fingerprint density at radius 2 is 2.00 bits per heavy atom. The van der Waals surface area contributed by atoms with E-state index in [0.717, 1.165) is 7.85 Å². The maximum atomic E-state index is 2.49. The van der Waals surface area contributed by atoms with E-state index in [0.29, 0.717) is 41.5 Å². The Kier molecular flexibility index (Phi) is 3.83. The van der Waals surface area contributed by atoms with Gasteiger partial charge in [0, 0.05) is 7.85 Å². The number of hydrogen-bond acceptors (Lipinski definition) is 0. The smallest absolute Gasteiger partial charge is 0.0171 e. The van der Waals surface area contributed by atoms with Crippen molar-refractivity contribution >= 4 is 49.5 Å². The highest BCUT2D eigenvalue weighted by Gasteiger charge is 2.11. The average Bonchev–Trinajstić information content (AvgIpc) is 1.89. The third-order valence-corrected chi connectivity index (χ3v) is 10.6. The van der Waals surface area contributed by atoms with Crippen LogP contribution in [0, 0.1) is 0 Å². The second kappa shape index (κ2) is 4.16. The van der Waals surface area contributed by atoms with E-state index in [1.807, 2.05) is 0 Å². The summed E-state index contributed by atoms with van der Waals surface area (Å²) in [5.74, 6) is 0. The highest BCUT2D eigenvalue weighted by Crippen LogP contribution is 2.28. The van der Waals surface area contributed by atoms with Crippen molar-refractivity contribution in [1.82, 2.24) is 0 Å². The molecule has 0 nitrogen and oxygen atoms in total. The Morgan fingerprint density at radius 1 is 1.33 bits per heavy atom. The maximum absolute atomic E-state index is 2.49. The molecule has 1 aliphatic rings. The van der Waals surface area contributed by atoms with Crippen molar-refractivity contribution in [2.45, 2.75) is 28.1 Å². The summed E-state index contributed by atoms with van der Waals surface area (Å²) >= 11 is 0.908. The predicted octanol–water partition coefficient (Wildman–Crippen LogP) is 2.71. The molecule has 1 rings (SSSR count). The van der Waals surface area contributed by atoms with Crippen LogP contribution in [0.1, 0.15) is 20.3 Å². The Balaban J connectivity index is 2.55. The van der Waals surface area contributed by atoms with Gasteiger partial charge in [-0.3, -0.25) is 0 Å². The topological polar surface area (TPSA) is 0 Å². The second-order valence-corrected chi connectivity index (χ2v) is 8.55. The molecule has 0 saturated heterocycles. The summed E-state index contributed by atoms with van der Waals surface area (Å²) in [6.45, 7) is 4.77. The molecule has 54 valence electrons. The maximum Gasteiger partial charge on any atom is 0.0171 e. The number of hydrogen-bond donors (Lipinski definition) is 0. The molecule has 0 fully saturated rings. The molecule has 1 aliphatic heterocycles. The van der Waals surface area contributed by atoms with Gasteiger partial charge in [-0.2, -0.15) is 0 Å². The molecule has 9 heavy (non-hydrogen) atoms. The van der Waals surface area contributed by atoms with E-state index in [1.165, 1.54) is 6.42 Å². The van der Waals surface area contributed by atoms with Gasteiger partial charge in [0.05, 0.1) is 0 Å². The molecule has 0 aromatic carbocycles. The van der Waals surface area contributed by atoms with E-state index >= 15 is 0 Å². The zero-order valence-electron chi connectivity index (χ0n) is 5.77. The van der Waals surface area contributed by atoms with Gasteiger partial charge in [-0.15, -0.1) is 41.5 Å². The van der Waals surface area contributed by atoms with Crippen LogP contribution in [0.25, 0.3) is 0 Å². The molecular formula is C7H12I2. The van der Waals surface area contributed by atoms with Gasteiger partial charge in [-0.1, -0.05) is 13.8 Å². The summed E-state index contributed by atoms with van der Waals surface area (Å²) in [5, 5.41) is 0. The number of rotatable bonds is 1. The minimum atomic E-state index is 0.452. The molecule has 0 aliphatic carbocycles. The van der Waals surface area contributed by atoms with E-state index in [1.54, 1.807) is 0 Å². The molecule has 1 heterocycles. The van der Waals surface area contributed by atoms with E-state index in [4.69, 9.17) is 0 Å². The number of alkyl halides is 2. The van der Waals surface area contributed by atoms with Crippen molar-refractivity contribution in [2.24, 2.45) is 0 Å². The van der Waals surface area contributed by atoms with Crippen LogP contribution in [-0.4, -0.2) is 15.9 Å². The zero-order valence-corrected chi connectivity index (χ0v) is 10.1. The number of halogens is 2. The largest absolute Gasteiger partial charge is 0.118 e. The molecule has 0 aromatic heterocycles. The minimum absolute atomic E-state index is 0.452. The van der Waals surface area contributed by atoms with Crippen LogP contribution in [0.3, 0.4) is 0 Å². The fourth-order valence-electron chi connectivity index (χ4n) is 0.856. The van der Waals surface area contributed by atoms with E-state index in [-0.39, 0.29) is 0 Å². The molecule has 0 aromatic rings. The molecule has 0 amide bonds. The summed E-state index contributed by atoms with van der Waals surface area (Å²) in [6.07, 6.45) is 1.43. The lowest BCUT2D eigenvalue weighted by molar-refractivity contribution is 0.856. The van der Waals surface area contributed by atoms with Gasteiger partial charge >= 0.3 is 0 Å². The fourth-order valence-corrected chi connectivity index (χ4v) is 8.61. The van der Waals surface area contributed by atoms with Gasteiger partial charge in [-0.25, -0.2) is 0 Å². The van der Waals surface area contributed by atoms with Crippen molar-refractivity contribution in [3.63, 3.8) is 0 Å². The van der Waals surface area contributed by atoms with Gasteiger partial charge in [0.1, 0.15) is 0 Å². The Labute approximate surface area is 76.9 Å². The lowest BCUT2D eigenvalue weighted by Crippen LogP contribution is -2.12. The van der Waals surface area contributed by atoms with Crippen LogP contribution < -0.4 is 0 Å². The first kappa shape index (κ1) is 8.30. The predicted molar refractivity (Wildman–Crippen MR) is 63.7 cm³/mol. The summed E-state index contributed by atoms with van der Waals surface area (Å²) in [4.78, 5) is 0. The third-order valence-electron chi connectivity index (χ3n) is 1.44. The van der Waals surface area contributed by atoms with Crippen molar-refractivity contribution in [3.8, 4) is 0 Å². The van der Waals surface area contributed by atoms with Crippen molar-refractivity contribution < 1.29 is 0 Å². The Morgan fingerprint density at radius 3 is 2.44 bits per heavy atom. The quantitative estimate of drug-likeness (QED) is 0.504. The standard InChI is InChI=1S/C7H12I2/c1-3-7-6(2)8-4-5-9-7/h4-7H,3H2,1-2H3/t6-,7+/m1/s1. The summed E-state index contributed by atoms with van der Waals surface area (Å²) in [7, 11) is 0. The van der Waals surface area contributed by atoms with Gasteiger partial charge < -0.3 is 0 Å². The van der Waals surface area contributed by atoms with E-state index in [2.05, 4.69) is 21.9 Å². The molecule has 0 saturated carbocycles. The molecular weight excluding hydrogens is 338 g/mol. The van der Waals surface area contributed by atoms with Crippen LogP contribution in [-0.2, 0) is 0 Å². The van der Waals surface area contributed by atoms with Crippen molar-refractivity contribution in [2.75, 3.05) is 0 Å². The monoisotopic (exact) mass is 350 g/mol. The second-order valence-electron chi connectivity index (χ2n) is 2.11. The fraction of sp³-hybridized carbons (Fsp3) is 0.714. The van der Waals surface area contributed by atoms with Crippen molar-refractivity contribution in [3.05, 3.63) is 0 Å². The van der Waals surface area contributed by atoms with Crippen LogP contribution in [0.15, 0.2) is 0 Å². The van der Waals surface area contributed by atoms with E-state index in [9.17, 15) is 0 Å². The lowest BCUT2D eigenvalue weighted by Gasteiger charge is -2.16. The molecule has 0 unspecified atom stereocenters. The van der Waals surface area contributed by atoms with E-state index < -0.39 is 0 Å². The van der Waals surface area contributed by atoms with Gasteiger partial charge in [-0.05, 0) is 14.4 Å². The first-order chi connectivity index (χ1) is 4.34. The van der Waals surface area contributed by atoms with Crippen LogP contribution in [0.2, 0.25) is 0 Å². The summed E-state index contributed by atoms with van der Waals surface area (Å²) < 4.78 is 7.18. The highest BCUT2D eigenvalue weighted by atomic mass is 127. The third kappa shape index (κ3) is 2.37. The summed E-state index contributed by atoms with van der Waals surface area (Å²) in [5.41, 5.74) is 0. The normalized spacial score (nSPS) is 34.9. The molecule has 0 bridgehead atoms. The molecule has 2 atom stereocenters. The van der Waals surface area contributed by atoms with Crippen LogP contribution in [0.5, 0.6) is 0 Å². The van der Waals surface area contributed by atoms with Crippen molar-refractivity contribution in [1.29, 1.82) is 0 Å². The molecule has 0 radical (unpaired) electrons. The first-order valence-electron chi connectivity index (χ1n) is 3.23. The van der Waals surface area contributed by atoms with Crippen LogP contribution >= 0.6 is 41.5 Å². The SMILES string of the molecule is CC[C@@H]1I=CC=I[C@@H]1C. The van der Waals surface area contributed by atoms with Gasteiger partial charge in [0.25, 0.3) is 0 Å². The first-order valence-corrected chi connectivity index (χ1v) is 8.21. The summed E-state index contributed by atoms with van der Waals surface area (Å²) in [6, 6.07) is 0. The average molecular weight is 350 g/mol. The molecule has 0 N–H and O–H groups in total. The Hall–Kier alpha value is 1.20.